The first-order valence-electron chi connectivity index (χ1n) is 12.9. The van der Waals surface area contributed by atoms with Crippen LogP contribution in [0.1, 0.15) is 43.2 Å². The van der Waals surface area contributed by atoms with Crippen molar-refractivity contribution in [3.8, 4) is 0 Å². The molecule has 0 spiro atoms. The average molecular weight is 567 g/mol. The van der Waals surface area contributed by atoms with Crippen molar-refractivity contribution in [1.29, 1.82) is 0 Å². The Hall–Kier alpha value is -3.97. The number of imidazole rings is 1. The molecule has 0 radical (unpaired) electrons. The minimum Gasteiger partial charge on any atom is -0.351 e. The minimum absolute atomic E-state index is 0.00396. The number of pyridine rings is 1. The van der Waals surface area contributed by atoms with Crippen LogP contribution in [-0.2, 0) is 4.79 Å². The molecule has 2 aliphatic heterocycles. The van der Waals surface area contributed by atoms with E-state index in [4.69, 9.17) is 5.73 Å². The van der Waals surface area contributed by atoms with E-state index >= 15 is 0 Å². The predicted molar refractivity (Wildman–Crippen MR) is 133 cm³/mol. The van der Waals surface area contributed by atoms with Crippen LogP contribution in [0.15, 0.2) is 41.3 Å². The van der Waals surface area contributed by atoms with Crippen LogP contribution in [0.3, 0.4) is 0 Å². The van der Waals surface area contributed by atoms with Crippen LogP contribution in [-0.4, -0.2) is 68.1 Å². The second-order valence-electron chi connectivity index (χ2n) is 10.3. The summed E-state index contributed by atoms with van der Waals surface area (Å²) < 4.78 is 70.8. The molecule has 2 fully saturated rings. The number of piperidine rings is 1. The number of alkyl halides is 3. The molecule has 2 unspecified atom stereocenters. The summed E-state index contributed by atoms with van der Waals surface area (Å²) in [5.74, 6) is -5.20. The van der Waals surface area contributed by atoms with E-state index in [9.17, 15) is 36.3 Å². The number of amides is 3. The van der Waals surface area contributed by atoms with Gasteiger partial charge in [-0.05, 0) is 49.4 Å². The van der Waals surface area contributed by atoms with Gasteiger partial charge < -0.3 is 20.5 Å². The fourth-order valence-electron chi connectivity index (χ4n) is 6.16. The van der Waals surface area contributed by atoms with E-state index in [1.54, 1.807) is 12.1 Å². The molecule has 4 atom stereocenters. The summed E-state index contributed by atoms with van der Waals surface area (Å²) >= 11 is 0. The van der Waals surface area contributed by atoms with E-state index in [2.05, 4.69) is 9.97 Å². The third-order valence-corrected chi connectivity index (χ3v) is 7.89. The topological polar surface area (TPSA) is 117 Å². The van der Waals surface area contributed by atoms with Gasteiger partial charge in [0.25, 0.3) is 0 Å². The molecule has 2 saturated heterocycles. The quantitative estimate of drug-likeness (QED) is 0.469. The number of halogens is 5. The Morgan fingerprint density at radius 2 is 1.88 bits per heavy atom. The number of nitrogens with one attached hydrogen (secondary N) is 1. The van der Waals surface area contributed by atoms with Gasteiger partial charge in [-0.2, -0.15) is 13.2 Å². The molecule has 14 heteroatoms. The van der Waals surface area contributed by atoms with Gasteiger partial charge in [0, 0.05) is 37.3 Å². The number of hydrogen-bond acceptors (Lipinski definition) is 4. The van der Waals surface area contributed by atoms with E-state index in [1.807, 2.05) is 0 Å². The van der Waals surface area contributed by atoms with Gasteiger partial charge in [0.05, 0.1) is 11.4 Å². The molecule has 1 aromatic carbocycles. The Balaban J connectivity index is 1.51. The molecule has 5 rings (SSSR count). The molecule has 2 aromatic heterocycles. The van der Waals surface area contributed by atoms with Crippen molar-refractivity contribution in [3.05, 3.63) is 64.2 Å². The zero-order valence-corrected chi connectivity index (χ0v) is 21.2. The van der Waals surface area contributed by atoms with E-state index in [1.165, 1.54) is 27.8 Å². The molecule has 2 aliphatic rings. The minimum atomic E-state index is -4.75. The summed E-state index contributed by atoms with van der Waals surface area (Å²) in [5.41, 5.74) is 5.92. The summed E-state index contributed by atoms with van der Waals surface area (Å²) in [6.45, 7) is -2.01. The number of primary amides is 1. The van der Waals surface area contributed by atoms with Crippen molar-refractivity contribution in [2.75, 3.05) is 19.6 Å². The SMILES string of the molecule is NC(=O)N1CCC(n2c(=O)[nH]c3cccnc32)CC1[C@H]1CC[C@@H](c2cccc(F)c2F)CN(CC(F)(F)F)C1=O. The molecule has 3 amide bonds. The van der Waals surface area contributed by atoms with Gasteiger partial charge in [-0.1, -0.05) is 12.1 Å². The van der Waals surface area contributed by atoms with Crippen LogP contribution in [0.4, 0.5) is 26.7 Å². The number of hydrogen-bond donors (Lipinski definition) is 2. The maximum absolute atomic E-state index is 14.7. The number of nitrogens with two attached hydrogens (primary N) is 1. The maximum Gasteiger partial charge on any atom is 0.406 e. The van der Waals surface area contributed by atoms with E-state index in [0.29, 0.717) is 22.5 Å². The molecule has 0 bridgehead atoms. The lowest BCUT2D eigenvalue weighted by molar-refractivity contribution is -0.164. The fourth-order valence-corrected chi connectivity index (χ4v) is 6.16. The molecular weight excluding hydrogens is 539 g/mol. The lowest BCUT2D eigenvalue weighted by Crippen LogP contribution is -2.56. The fraction of sp³-hybridized carbons (Fsp3) is 0.462. The van der Waals surface area contributed by atoms with E-state index < -0.39 is 72.4 Å². The molecule has 214 valence electrons. The van der Waals surface area contributed by atoms with Crippen LogP contribution in [0, 0.1) is 17.6 Å². The number of likely N-dealkylation sites (tertiary alicyclic amines) is 2. The largest absolute Gasteiger partial charge is 0.406 e. The molecule has 9 nitrogen and oxygen atoms in total. The normalized spacial score (nSPS) is 24.4. The zero-order valence-electron chi connectivity index (χ0n) is 21.2. The summed E-state index contributed by atoms with van der Waals surface area (Å²) in [4.78, 5) is 47.8. The summed E-state index contributed by atoms with van der Waals surface area (Å²) in [6, 6.07) is 4.48. The van der Waals surface area contributed by atoms with Crippen LogP contribution in [0.25, 0.3) is 11.2 Å². The number of rotatable bonds is 4. The highest BCUT2D eigenvalue weighted by Crippen LogP contribution is 2.39. The summed E-state index contributed by atoms with van der Waals surface area (Å²) in [6.07, 6.45) is -2.83. The van der Waals surface area contributed by atoms with Crippen LogP contribution in [0.5, 0.6) is 0 Å². The van der Waals surface area contributed by atoms with Gasteiger partial charge in [0.1, 0.15) is 6.54 Å². The third-order valence-electron chi connectivity index (χ3n) is 7.89. The molecular formula is C26H27F5N6O3. The highest BCUT2D eigenvalue weighted by Gasteiger charge is 2.46. The third kappa shape index (κ3) is 5.26. The monoisotopic (exact) mass is 566 g/mol. The van der Waals surface area contributed by atoms with Gasteiger partial charge in [-0.15, -0.1) is 0 Å². The number of aromatic nitrogens is 3. The number of carbonyl (C=O) groups is 2. The summed E-state index contributed by atoms with van der Waals surface area (Å²) in [7, 11) is 0. The zero-order chi connectivity index (χ0) is 28.8. The van der Waals surface area contributed by atoms with E-state index in [0.717, 1.165) is 6.07 Å². The lowest BCUT2D eigenvalue weighted by Gasteiger charge is -2.42. The van der Waals surface area contributed by atoms with Gasteiger partial charge >= 0.3 is 17.9 Å². The second kappa shape index (κ2) is 10.5. The highest BCUT2D eigenvalue weighted by molar-refractivity contribution is 5.81. The van der Waals surface area contributed by atoms with Crippen molar-refractivity contribution >= 4 is 23.1 Å². The number of benzene rings is 1. The van der Waals surface area contributed by atoms with Crippen molar-refractivity contribution in [2.24, 2.45) is 11.7 Å². The predicted octanol–water partition coefficient (Wildman–Crippen LogP) is 3.67. The van der Waals surface area contributed by atoms with Gasteiger partial charge in [-0.25, -0.2) is 23.4 Å². The maximum atomic E-state index is 14.7. The number of aromatic amines is 1. The lowest BCUT2D eigenvalue weighted by atomic mass is 9.83. The standard InChI is InChI=1S/C26H27F5N6O3/c27-18-4-1-3-16(21(18)28)14-6-7-17(23(38)35(12-14)13-26(29,30)31)20-11-15(8-10-36(20)24(32)39)37-22-19(34-25(37)40)5-2-9-33-22/h1-5,9,14-15,17,20H,6-8,10-13H2,(H2,32,39)(H,34,40)/t14-,15?,17-,20?/m1/s1. The number of urea groups is 1. The number of carbonyl (C=O) groups excluding carboxylic acids is 2. The molecule has 3 N–H and O–H groups in total. The van der Waals surface area contributed by atoms with Gasteiger partial charge in [-0.3, -0.25) is 9.36 Å². The molecule has 40 heavy (non-hydrogen) atoms. The first-order valence-corrected chi connectivity index (χ1v) is 12.9. The van der Waals surface area contributed by atoms with Crippen LogP contribution >= 0.6 is 0 Å². The van der Waals surface area contributed by atoms with Gasteiger partial charge in [0.15, 0.2) is 17.3 Å². The molecule has 0 saturated carbocycles. The number of H-pyrrole nitrogens is 1. The molecule has 0 aliphatic carbocycles. The first kappa shape index (κ1) is 27.6. The van der Waals surface area contributed by atoms with Crippen molar-refractivity contribution in [3.63, 3.8) is 0 Å². The van der Waals surface area contributed by atoms with Crippen LogP contribution < -0.4 is 11.4 Å². The van der Waals surface area contributed by atoms with Crippen molar-refractivity contribution in [2.45, 2.75) is 49.9 Å². The highest BCUT2D eigenvalue weighted by atomic mass is 19.4. The Kier molecular flexibility index (Phi) is 7.27. The Morgan fingerprint density at radius 1 is 1.10 bits per heavy atom. The van der Waals surface area contributed by atoms with Gasteiger partial charge in [0.2, 0.25) is 5.91 Å². The average Bonchev–Trinajstić information content (AvgIpc) is 3.15. The number of nitrogens with zero attached hydrogens (tertiary/aromatic N) is 4. The van der Waals surface area contributed by atoms with E-state index in [-0.39, 0.29) is 31.4 Å². The smallest absolute Gasteiger partial charge is 0.351 e. The second-order valence-corrected chi connectivity index (χ2v) is 10.3. The Bertz CT molecular complexity index is 1490. The molecule has 3 aromatic rings. The summed E-state index contributed by atoms with van der Waals surface area (Å²) in [5, 5.41) is 0. The van der Waals surface area contributed by atoms with Crippen molar-refractivity contribution < 1.29 is 31.5 Å². The molecule has 4 heterocycles. The Labute approximate surface area is 224 Å². The number of fused-ring (bicyclic) bond motifs is 1. The Morgan fingerprint density at radius 3 is 2.60 bits per heavy atom. The van der Waals surface area contributed by atoms with Crippen molar-refractivity contribution in [1.82, 2.24) is 24.3 Å². The first-order chi connectivity index (χ1) is 18.9. The van der Waals surface area contributed by atoms with Crippen LogP contribution in [0.2, 0.25) is 0 Å².